The summed E-state index contributed by atoms with van der Waals surface area (Å²) in [4.78, 5) is 19.5. The average Bonchev–Trinajstić information content (AvgIpc) is 2.27. The first-order chi connectivity index (χ1) is 8.06. The summed E-state index contributed by atoms with van der Waals surface area (Å²) in [5.74, 6) is 0.406. The van der Waals surface area contributed by atoms with Crippen molar-refractivity contribution in [2.45, 2.75) is 46.1 Å². The maximum atomic E-state index is 11.0. The number of nitrogens with zero attached hydrogens (tertiary/aromatic N) is 2. The molecule has 1 rings (SSSR count). The quantitative estimate of drug-likeness (QED) is 0.791. The highest BCUT2D eigenvalue weighted by molar-refractivity contribution is 5.76. The molecule has 0 aliphatic rings. The highest BCUT2D eigenvalue weighted by Crippen LogP contribution is 2.11. The Morgan fingerprint density at radius 3 is 2.71 bits per heavy atom. The van der Waals surface area contributed by atoms with E-state index in [-0.39, 0.29) is 0 Å². The van der Waals surface area contributed by atoms with Crippen molar-refractivity contribution < 1.29 is 9.90 Å². The largest absolute Gasteiger partial charge is 0.480 e. The Labute approximate surface area is 101 Å². The van der Waals surface area contributed by atoms with Gasteiger partial charge in [0.2, 0.25) is 0 Å². The highest BCUT2D eigenvalue weighted by atomic mass is 16.4. The molecule has 1 aromatic rings. The van der Waals surface area contributed by atoms with Crippen molar-refractivity contribution in [1.29, 1.82) is 0 Å². The molecule has 0 amide bonds. The van der Waals surface area contributed by atoms with Crippen LogP contribution in [0.1, 0.15) is 38.2 Å². The van der Waals surface area contributed by atoms with Crippen LogP contribution < -0.4 is 5.32 Å². The topological polar surface area (TPSA) is 75.1 Å². The summed E-state index contributed by atoms with van der Waals surface area (Å²) in [6.45, 7) is 5.77. The molecule has 1 heterocycles. The minimum atomic E-state index is -0.846. The number of aryl methyl sites for hydroxylation is 2. The Hall–Kier alpha value is -1.65. The van der Waals surface area contributed by atoms with E-state index in [9.17, 15) is 4.79 Å². The predicted octanol–water partition coefficient (Wildman–Crippen LogP) is 2.01. The van der Waals surface area contributed by atoms with Crippen molar-refractivity contribution in [3.8, 4) is 0 Å². The number of carbonyl (C=O) groups is 1. The summed E-state index contributed by atoms with van der Waals surface area (Å²) in [6.07, 6.45) is 2.21. The number of carboxylic acid groups (broad SMARTS) is 1. The van der Waals surface area contributed by atoms with E-state index < -0.39 is 12.0 Å². The number of rotatable bonds is 6. The van der Waals surface area contributed by atoms with Crippen molar-refractivity contribution in [2.75, 3.05) is 5.32 Å². The molecule has 1 atom stereocenters. The molecule has 0 saturated carbocycles. The van der Waals surface area contributed by atoms with Gasteiger partial charge in [0.15, 0.2) is 0 Å². The van der Waals surface area contributed by atoms with Crippen LogP contribution in [0.3, 0.4) is 0 Å². The summed E-state index contributed by atoms with van der Waals surface area (Å²) in [7, 11) is 0. The monoisotopic (exact) mass is 237 g/mol. The smallest absolute Gasteiger partial charge is 0.326 e. The first-order valence-corrected chi connectivity index (χ1v) is 5.90. The molecule has 0 bridgehead atoms. The summed E-state index contributed by atoms with van der Waals surface area (Å²) in [6, 6.07) is 1.22. The predicted molar refractivity (Wildman–Crippen MR) is 66.1 cm³/mol. The summed E-state index contributed by atoms with van der Waals surface area (Å²) in [5, 5.41) is 12.0. The Morgan fingerprint density at radius 1 is 1.47 bits per heavy atom. The third-order valence-electron chi connectivity index (χ3n) is 2.45. The molecule has 0 saturated heterocycles. The van der Waals surface area contributed by atoms with Crippen molar-refractivity contribution in [2.24, 2.45) is 0 Å². The molecule has 0 aliphatic carbocycles. The Morgan fingerprint density at radius 2 is 2.18 bits per heavy atom. The molecule has 0 aromatic carbocycles. The number of nitrogens with one attached hydrogen (secondary N) is 1. The summed E-state index contributed by atoms with van der Waals surface area (Å²) >= 11 is 0. The van der Waals surface area contributed by atoms with Crippen LogP contribution in [0.15, 0.2) is 6.07 Å². The van der Waals surface area contributed by atoms with Gasteiger partial charge in [-0.2, -0.15) is 0 Å². The Balaban J connectivity index is 2.84. The maximum absolute atomic E-state index is 11.0. The van der Waals surface area contributed by atoms with Gasteiger partial charge in [0, 0.05) is 11.8 Å². The lowest BCUT2D eigenvalue weighted by Gasteiger charge is -2.14. The molecule has 94 valence electrons. The molecule has 0 radical (unpaired) electrons. The number of aliphatic carboxylic acids is 1. The van der Waals surface area contributed by atoms with Gasteiger partial charge in [0.1, 0.15) is 17.7 Å². The molecular weight excluding hydrogens is 218 g/mol. The molecule has 5 heteroatoms. The van der Waals surface area contributed by atoms with E-state index in [1.807, 2.05) is 13.8 Å². The molecule has 0 spiro atoms. The van der Waals surface area contributed by atoms with Crippen LogP contribution in [-0.4, -0.2) is 27.1 Å². The molecule has 0 fully saturated rings. The second-order valence-electron chi connectivity index (χ2n) is 3.97. The van der Waals surface area contributed by atoms with Crippen LogP contribution in [0.5, 0.6) is 0 Å². The van der Waals surface area contributed by atoms with Crippen molar-refractivity contribution in [3.63, 3.8) is 0 Å². The van der Waals surface area contributed by atoms with Crippen LogP contribution in [0, 0.1) is 6.92 Å². The zero-order chi connectivity index (χ0) is 12.8. The normalized spacial score (nSPS) is 12.2. The number of carboxylic acids is 1. The standard InChI is InChI=1S/C12H19N3O2/c1-4-6-10(12(16)17)15-11-7-9(5-2)13-8(3)14-11/h7,10H,4-6H2,1-3H3,(H,16,17)(H,13,14,15). The van der Waals surface area contributed by atoms with Crippen molar-refractivity contribution >= 4 is 11.8 Å². The lowest BCUT2D eigenvalue weighted by atomic mass is 10.1. The first-order valence-electron chi connectivity index (χ1n) is 5.90. The van der Waals surface area contributed by atoms with Crippen molar-refractivity contribution in [1.82, 2.24) is 9.97 Å². The number of aromatic nitrogens is 2. The number of hydrogen-bond acceptors (Lipinski definition) is 4. The average molecular weight is 237 g/mol. The third kappa shape index (κ3) is 4.01. The minimum Gasteiger partial charge on any atom is -0.480 e. The lowest BCUT2D eigenvalue weighted by molar-refractivity contribution is -0.138. The van der Waals surface area contributed by atoms with Gasteiger partial charge >= 0.3 is 5.97 Å². The van der Waals surface area contributed by atoms with Gasteiger partial charge in [0.05, 0.1) is 0 Å². The highest BCUT2D eigenvalue weighted by Gasteiger charge is 2.16. The molecular formula is C12H19N3O2. The Kier molecular flexibility index (Phi) is 4.87. The zero-order valence-electron chi connectivity index (χ0n) is 10.5. The second-order valence-corrected chi connectivity index (χ2v) is 3.97. The fourth-order valence-corrected chi connectivity index (χ4v) is 1.61. The van der Waals surface area contributed by atoms with Gasteiger partial charge in [-0.3, -0.25) is 0 Å². The molecule has 5 nitrogen and oxygen atoms in total. The van der Waals surface area contributed by atoms with E-state index in [0.29, 0.717) is 18.1 Å². The Bertz CT molecular complexity index is 393. The van der Waals surface area contributed by atoms with Gasteiger partial charge in [0.25, 0.3) is 0 Å². The SMILES string of the molecule is CCCC(Nc1cc(CC)nc(C)n1)C(=O)O. The first kappa shape index (κ1) is 13.4. The van der Waals surface area contributed by atoms with E-state index in [2.05, 4.69) is 15.3 Å². The molecule has 1 unspecified atom stereocenters. The van der Waals surface area contributed by atoms with Crippen LogP contribution in [0.25, 0.3) is 0 Å². The molecule has 0 aliphatic heterocycles. The molecule has 1 aromatic heterocycles. The van der Waals surface area contributed by atoms with Crippen LogP contribution in [0.4, 0.5) is 5.82 Å². The van der Waals surface area contributed by atoms with E-state index in [0.717, 1.165) is 18.5 Å². The van der Waals surface area contributed by atoms with E-state index >= 15 is 0 Å². The van der Waals surface area contributed by atoms with Gasteiger partial charge < -0.3 is 10.4 Å². The fourth-order valence-electron chi connectivity index (χ4n) is 1.61. The molecule has 17 heavy (non-hydrogen) atoms. The maximum Gasteiger partial charge on any atom is 0.326 e. The summed E-state index contributed by atoms with van der Waals surface area (Å²) < 4.78 is 0. The van der Waals surface area contributed by atoms with Gasteiger partial charge in [-0.1, -0.05) is 20.3 Å². The molecule has 2 N–H and O–H groups in total. The van der Waals surface area contributed by atoms with Gasteiger partial charge in [-0.05, 0) is 19.8 Å². The number of hydrogen-bond donors (Lipinski definition) is 2. The van der Waals surface area contributed by atoms with Gasteiger partial charge in [-0.25, -0.2) is 14.8 Å². The minimum absolute atomic E-state index is 0.583. The van der Waals surface area contributed by atoms with E-state index in [1.54, 1.807) is 13.0 Å². The van der Waals surface area contributed by atoms with E-state index in [1.165, 1.54) is 0 Å². The van der Waals surface area contributed by atoms with Crippen LogP contribution in [-0.2, 0) is 11.2 Å². The number of anilines is 1. The summed E-state index contributed by atoms with van der Waals surface area (Å²) in [5.41, 5.74) is 0.917. The van der Waals surface area contributed by atoms with Crippen LogP contribution in [0.2, 0.25) is 0 Å². The third-order valence-corrected chi connectivity index (χ3v) is 2.45. The zero-order valence-corrected chi connectivity index (χ0v) is 10.5. The van der Waals surface area contributed by atoms with Gasteiger partial charge in [-0.15, -0.1) is 0 Å². The van der Waals surface area contributed by atoms with Crippen molar-refractivity contribution in [3.05, 3.63) is 17.6 Å². The lowest BCUT2D eigenvalue weighted by Crippen LogP contribution is -2.29. The van der Waals surface area contributed by atoms with E-state index in [4.69, 9.17) is 5.11 Å². The van der Waals surface area contributed by atoms with Crippen LogP contribution >= 0.6 is 0 Å². The second kappa shape index (κ2) is 6.18. The fraction of sp³-hybridized carbons (Fsp3) is 0.583.